The van der Waals surface area contributed by atoms with Crippen molar-refractivity contribution >= 4 is 34.2 Å². The van der Waals surface area contributed by atoms with Crippen molar-refractivity contribution in [1.29, 1.82) is 5.26 Å². The summed E-state index contributed by atoms with van der Waals surface area (Å²) in [4.78, 5) is 12.5. The number of carbonyl (C=O) groups excluding carboxylic acids is 1. The summed E-state index contributed by atoms with van der Waals surface area (Å²) in [5.74, 6) is -0.502. The van der Waals surface area contributed by atoms with E-state index in [2.05, 4.69) is 10.4 Å². The molecule has 0 spiro atoms. The van der Waals surface area contributed by atoms with Crippen LogP contribution in [-0.2, 0) is 16.5 Å². The van der Waals surface area contributed by atoms with Crippen molar-refractivity contribution < 1.29 is 18.0 Å². The van der Waals surface area contributed by atoms with Gasteiger partial charge in [-0.1, -0.05) is 0 Å². The molecular formula is C15H12F3IN4O. The highest BCUT2D eigenvalue weighted by molar-refractivity contribution is 14.1. The van der Waals surface area contributed by atoms with E-state index in [0.29, 0.717) is 6.07 Å². The van der Waals surface area contributed by atoms with Gasteiger partial charge in [-0.3, -0.25) is 9.48 Å². The van der Waals surface area contributed by atoms with Gasteiger partial charge in [0.25, 0.3) is 5.91 Å². The standard InChI is InChI=1S/C15H12F3IN4O/c1-14(2,23-8-11(19)7-21-23)13(24)22-12-4-3-10(15(16,17)18)5-9(12)6-20/h3-5,7-8H,1-2H3,(H,22,24). The van der Waals surface area contributed by atoms with Crippen LogP contribution in [0, 0.1) is 14.9 Å². The fraction of sp³-hybridized carbons (Fsp3) is 0.267. The average molecular weight is 448 g/mol. The van der Waals surface area contributed by atoms with E-state index in [1.54, 1.807) is 32.3 Å². The van der Waals surface area contributed by atoms with Gasteiger partial charge in [-0.15, -0.1) is 0 Å². The van der Waals surface area contributed by atoms with E-state index in [-0.39, 0.29) is 11.3 Å². The molecule has 9 heteroatoms. The number of anilines is 1. The van der Waals surface area contributed by atoms with Crippen LogP contribution in [0.15, 0.2) is 30.6 Å². The summed E-state index contributed by atoms with van der Waals surface area (Å²) in [6.07, 6.45) is -1.31. The van der Waals surface area contributed by atoms with E-state index < -0.39 is 23.2 Å². The van der Waals surface area contributed by atoms with Crippen molar-refractivity contribution in [2.45, 2.75) is 25.6 Å². The number of nitrogens with one attached hydrogen (secondary N) is 1. The number of hydrogen-bond donors (Lipinski definition) is 1. The number of hydrogen-bond acceptors (Lipinski definition) is 3. The van der Waals surface area contributed by atoms with Gasteiger partial charge in [-0.2, -0.15) is 23.5 Å². The van der Waals surface area contributed by atoms with Gasteiger partial charge in [-0.05, 0) is 54.6 Å². The van der Waals surface area contributed by atoms with Crippen LogP contribution in [0.5, 0.6) is 0 Å². The van der Waals surface area contributed by atoms with Crippen molar-refractivity contribution in [2.24, 2.45) is 0 Å². The Morgan fingerprint density at radius 2 is 2.04 bits per heavy atom. The molecule has 1 heterocycles. The van der Waals surface area contributed by atoms with Crippen molar-refractivity contribution in [3.05, 3.63) is 45.3 Å². The molecule has 24 heavy (non-hydrogen) atoms. The predicted molar refractivity (Wildman–Crippen MR) is 89.1 cm³/mol. The number of halogens is 4. The number of rotatable bonds is 3. The van der Waals surface area contributed by atoms with Crippen LogP contribution in [0.1, 0.15) is 25.0 Å². The minimum atomic E-state index is -4.56. The maximum absolute atomic E-state index is 12.7. The molecule has 0 saturated carbocycles. The molecule has 5 nitrogen and oxygen atoms in total. The summed E-state index contributed by atoms with van der Waals surface area (Å²) in [5, 5.41) is 15.6. The zero-order chi connectivity index (χ0) is 18.1. The zero-order valence-electron chi connectivity index (χ0n) is 12.6. The Balaban J connectivity index is 2.31. The lowest BCUT2D eigenvalue weighted by Crippen LogP contribution is -2.40. The largest absolute Gasteiger partial charge is 0.416 e. The van der Waals surface area contributed by atoms with Gasteiger partial charge in [0, 0.05) is 6.20 Å². The number of alkyl halides is 3. The van der Waals surface area contributed by atoms with Gasteiger partial charge >= 0.3 is 6.18 Å². The normalized spacial score (nSPS) is 11.9. The van der Waals surface area contributed by atoms with Crippen LogP contribution < -0.4 is 5.32 Å². The number of nitrogens with zero attached hydrogens (tertiary/aromatic N) is 3. The molecule has 0 aliphatic carbocycles. The van der Waals surface area contributed by atoms with Gasteiger partial charge in [0.05, 0.1) is 26.6 Å². The third-order valence-electron chi connectivity index (χ3n) is 3.40. The van der Waals surface area contributed by atoms with Crippen molar-refractivity contribution in [3.63, 3.8) is 0 Å². The van der Waals surface area contributed by atoms with Gasteiger partial charge in [0.15, 0.2) is 0 Å². The first-order chi connectivity index (χ1) is 11.1. The summed E-state index contributed by atoms with van der Waals surface area (Å²) in [5.41, 5.74) is -2.27. The van der Waals surface area contributed by atoms with Crippen LogP contribution in [0.4, 0.5) is 18.9 Å². The molecule has 0 unspecified atom stereocenters. The highest BCUT2D eigenvalue weighted by atomic mass is 127. The van der Waals surface area contributed by atoms with Crippen LogP contribution in [0.25, 0.3) is 0 Å². The highest BCUT2D eigenvalue weighted by Crippen LogP contribution is 2.32. The summed E-state index contributed by atoms with van der Waals surface area (Å²) < 4.78 is 40.4. The van der Waals surface area contributed by atoms with Crippen LogP contribution in [0.3, 0.4) is 0 Å². The Bertz CT molecular complexity index is 821. The van der Waals surface area contributed by atoms with Crippen LogP contribution >= 0.6 is 22.6 Å². The average Bonchev–Trinajstić information content (AvgIpc) is 2.93. The minimum absolute atomic E-state index is 0.0189. The van der Waals surface area contributed by atoms with Crippen LogP contribution in [0.2, 0.25) is 0 Å². The fourth-order valence-electron chi connectivity index (χ4n) is 1.91. The lowest BCUT2D eigenvalue weighted by molar-refractivity contribution is -0.137. The third-order valence-corrected chi connectivity index (χ3v) is 3.95. The molecule has 0 bridgehead atoms. The fourth-order valence-corrected chi connectivity index (χ4v) is 2.30. The minimum Gasteiger partial charge on any atom is -0.323 e. The smallest absolute Gasteiger partial charge is 0.323 e. The first-order valence-electron chi connectivity index (χ1n) is 6.69. The molecule has 1 aromatic heterocycles. The highest BCUT2D eigenvalue weighted by Gasteiger charge is 2.33. The second-order valence-corrected chi connectivity index (χ2v) is 6.73. The number of benzene rings is 1. The molecule has 1 N–H and O–H groups in total. The van der Waals surface area contributed by atoms with Gasteiger partial charge < -0.3 is 5.32 Å². The Morgan fingerprint density at radius 3 is 2.54 bits per heavy atom. The maximum atomic E-state index is 12.7. The summed E-state index contributed by atoms with van der Waals surface area (Å²) >= 11 is 2.05. The van der Waals surface area contributed by atoms with E-state index >= 15 is 0 Å². The molecular weight excluding hydrogens is 436 g/mol. The second-order valence-electron chi connectivity index (χ2n) is 5.49. The number of nitriles is 1. The van der Waals surface area contributed by atoms with E-state index in [1.165, 1.54) is 4.68 Å². The molecule has 1 amide bonds. The first kappa shape index (κ1) is 18.3. The molecule has 0 radical (unpaired) electrons. The quantitative estimate of drug-likeness (QED) is 0.728. The molecule has 126 valence electrons. The molecule has 1 aromatic carbocycles. The van der Waals surface area contributed by atoms with Gasteiger partial charge in [-0.25, -0.2) is 0 Å². The van der Waals surface area contributed by atoms with Crippen molar-refractivity contribution in [3.8, 4) is 6.07 Å². The SMILES string of the molecule is CC(C)(C(=O)Nc1ccc(C(F)(F)F)cc1C#N)n1cc(I)cn1. The molecule has 0 aliphatic heterocycles. The molecule has 0 atom stereocenters. The molecule has 2 rings (SSSR count). The van der Waals surface area contributed by atoms with Crippen LogP contribution in [-0.4, -0.2) is 15.7 Å². The van der Waals surface area contributed by atoms with Gasteiger partial charge in [0.2, 0.25) is 0 Å². The molecule has 2 aromatic rings. The molecule has 0 fully saturated rings. The van der Waals surface area contributed by atoms with E-state index in [4.69, 9.17) is 5.26 Å². The molecule has 0 saturated heterocycles. The second kappa shape index (κ2) is 6.43. The third kappa shape index (κ3) is 3.69. The summed E-state index contributed by atoms with van der Waals surface area (Å²) in [6, 6.07) is 4.27. The first-order valence-corrected chi connectivity index (χ1v) is 7.77. The summed E-state index contributed by atoms with van der Waals surface area (Å²) in [6.45, 7) is 3.23. The monoisotopic (exact) mass is 448 g/mol. The summed E-state index contributed by atoms with van der Waals surface area (Å²) in [7, 11) is 0. The van der Waals surface area contributed by atoms with Crippen molar-refractivity contribution in [1.82, 2.24) is 9.78 Å². The van der Waals surface area contributed by atoms with E-state index in [9.17, 15) is 18.0 Å². The Kier molecular flexibility index (Phi) is 4.89. The molecule has 0 aliphatic rings. The van der Waals surface area contributed by atoms with Gasteiger partial charge in [0.1, 0.15) is 11.6 Å². The number of carbonyl (C=O) groups is 1. The Hall–Kier alpha value is -2.09. The van der Waals surface area contributed by atoms with E-state index in [0.717, 1.165) is 15.7 Å². The lowest BCUT2D eigenvalue weighted by Gasteiger charge is -2.24. The van der Waals surface area contributed by atoms with E-state index in [1.807, 2.05) is 22.6 Å². The lowest BCUT2D eigenvalue weighted by atomic mass is 10.0. The van der Waals surface area contributed by atoms with Crippen molar-refractivity contribution in [2.75, 3.05) is 5.32 Å². The Labute approximate surface area is 149 Å². The number of aromatic nitrogens is 2. The Morgan fingerprint density at radius 1 is 1.38 bits per heavy atom. The maximum Gasteiger partial charge on any atom is 0.416 e. The predicted octanol–water partition coefficient (Wildman–Crippen LogP) is 3.75. The number of amides is 1. The topological polar surface area (TPSA) is 70.7 Å². The zero-order valence-corrected chi connectivity index (χ0v) is 14.8.